The second kappa shape index (κ2) is 7.76. The Balaban J connectivity index is 2.07. The van der Waals surface area contributed by atoms with Gasteiger partial charge in [0.15, 0.2) is 11.5 Å². The van der Waals surface area contributed by atoms with Gasteiger partial charge in [-0.25, -0.2) is 4.79 Å². The minimum atomic E-state index is -1.35. The van der Waals surface area contributed by atoms with E-state index in [4.69, 9.17) is 9.47 Å². The Morgan fingerprint density at radius 1 is 1.27 bits per heavy atom. The van der Waals surface area contributed by atoms with Crippen LogP contribution in [0.4, 0.5) is 0 Å². The number of ether oxygens (including phenoxy) is 2. The van der Waals surface area contributed by atoms with Gasteiger partial charge in [0.2, 0.25) is 0 Å². The molecule has 1 aromatic carbocycles. The third kappa shape index (κ3) is 4.33. The van der Waals surface area contributed by atoms with Gasteiger partial charge in [-0.3, -0.25) is 4.79 Å². The van der Waals surface area contributed by atoms with E-state index in [0.29, 0.717) is 5.56 Å². The zero-order valence-electron chi connectivity index (χ0n) is 14.5. The largest absolute Gasteiger partial charge is 0.504 e. The number of carbonyl (C=O) groups excluding carboxylic acids is 1. The number of aromatic hydroxyl groups is 1. The molecule has 4 atom stereocenters. The number of phenols is 1. The van der Waals surface area contributed by atoms with E-state index in [-0.39, 0.29) is 24.3 Å². The normalized spacial score (nSPS) is 28.7. The molecule has 0 aliphatic heterocycles. The number of rotatable bonds is 5. The van der Waals surface area contributed by atoms with Gasteiger partial charge < -0.3 is 29.9 Å². The van der Waals surface area contributed by atoms with Crippen molar-refractivity contribution in [2.45, 2.75) is 38.1 Å². The van der Waals surface area contributed by atoms with Crippen LogP contribution < -0.4 is 4.74 Å². The predicted octanol–water partition coefficient (Wildman–Crippen LogP) is 0.932. The monoisotopic (exact) mass is 366 g/mol. The van der Waals surface area contributed by atoms with Gasteiger partial charge in [-0.15, -0.1) is 0 Å². The summed E-state index contributed by atoms with van der Waals surface area (Å²) in [6, 6.07) is 4.48. The molecule has 2 rings (SSSR count). The number of carboxylic acids is 1. The number of carboxylic acid groups (broad SMARTS) is 1. The maximum absolute atomic E-state index is 12.0. The molecule has 4 N–H and O–H groups in total. The summed E-state index contributed by atoms with van der Waals surface area (Å²) in [6.07, 6.45) is -1.48. The third-order valence-corrected chi connectivity index (χ3v) is 4.49. The van der Waals surface area contributed by atoms with Crippen molar-refractivity contribution in [1.82, 2.24) is 0 Å². The van der Waals surface area contributed by atoms with E-state index in [0.717, 1.165) is 6.08 Å². The highest BCUT2D eigenvalue weighted by Crippen LogP contribution is 2.38. The Bertz CT molecular complexity index is 713. The Morgan fingerprint density at radius 3 is 2.58 bits per heavy atom. The van der Waals surface area contributed by atoms with Crippen molar-refractivity contribution in [2.24, 2.45) is 5.41 Å². The number of methoxy groups -OCH3 is 1. The van der Waals surface area contributed by atoms with Crippen LogP contribution in [0.25, 0.3) is 6.08 Å². The molecule has 0 heterocycles. The number of aliphatic hydroxyl groups excluding tert-OH is 2. The lowest BCUT2D eigenvalue weighted by molar-refractivity contribution is -0.180. The van der Waals surface area contributed by atoms with E-state index < -0.39 is 35.7 Å². The fourth-order valence-electron chi connectivity index (χ4n) is 2.91. The van der Waals surface area contributed by atoms with Crippen LogP contribution in [-0.2, 0) is 14.3 Å². The van der Waals surface area contributed by atoms with Gasteiger partial charge in [0, 0.05) is 12.5 Å². The van der Waals surface area contributed by atoms with Gasteiger partial charge >= 0.3 is 11.9 Å². The quantitative estimate of drug-likeness (QED) is 0.447. The molecule has 26 heavy (non-hydrogen) atoms. The van der Waals surface area contributed by atoms with Gasteiger partial charge in [-0.1, -0.05) is 6.07 Å². The molecule has 0 spiro atoms. The summed E-state index contributed by atoms with van der Waals surface area (Å²) in [4.78, 5) is 23.4. The summed E-state index contributed by atoms with van der Waals surface area (Å²) < 4.78 is 10.1. The van der Waals surface area contributed by atoms with Crippen molar-refractivity contribution < 1.29 is 39.5 Å². The summed E-state index contributed by atoms with van der Waals surface area (Å²) in [5.41, 5.74) is -0.728. The van der Waals surface area contributed by atoms with Gasteiger partial charge in [-0.05, 0) is 37.1 Å². The summed E-state index contributed by atoms with van der Waals surface area (Å²) in [6.45, 7) is 1.43. The Kier molecular flexibility index (Phi) is 5.89. The SMILES string of the molecule is COc1cc(C=CC(=O)OC2CC(C)(C(=O)O)CC(O)C2O)ccc1O. The Hall–Kier alpha value is -2.58. The van der Waals surface area contributed by atoms with Crippen molar-refractivity contribution in [3.05, 3.63) is 29.8 Å². The fourth-order valence-corrected chi connectivity index (χ4v) is 2.91. The molecule has 8 heteroatoms. The first-order chi connectivity index (χ1) is 12.2. The van der Waals surface area contributed by atoms with Crippen LogP contribution in [0.5, 0.6) is 11.5 Å². The maximum Gasteiger partial charge on any atom is 0.331 e. The molecule has 0 amide bonds. The molecule has 0 bridgehead atoms. The standard InChI is InChI=1S/C18H22O8/c1-18(17(23)24)8-12(20)16(22)14(9-18)26-15(21)6-4-10-3-5-11(19)13(7-10)25-2/h3-7,12,14,16,19-20,22H,8-9H2,1-2H3,(H,23,24). The number of hydrogen-bond donors (Lipinski definition) is 4. The summed E-state index contributed by atoms with van der Waals surface area (Å²) >= 11 is 0. The molecule has 8 nitrogen and oxygen atoms in total. The lowest BCUT2D eigenvalue weighted by Gasteiger charge is -2.40. The second-order valence-electron chi connectivity index (χ2n) is 6.57. The van der Waals surface area contributed by atoms with Crippen LogP contribution in [-0.4, -0.2) is 57.8 Å². The van der Waals surface area contributed by atoms with Crippen molar-refractivity contribution in [1.29, 1.82) is 0 Å². The number of aliphatic hydroxyl groups is 2. The fraction of sp³-hybridized carbons (Fsp3) is 0.444. The third-order valence-electron chi connectivity index (χ3n) is 4.49. The molecule has 1 aliphatic rings. The number of phenolic OH excluding ortho intramolecular Hbond substituents is 1. The Morgan fingerprint density at radius 2 is 1.96 bits per heavy atom. The van der Waals surface area contributed by atoms with Crippen LogP contribution in [0.1, 0.15) is 25.3 Å². The van der Waals surface area contributed by atoms with Crippen LogP contribution in [0, 0.1) is 5.41 Å². The minimum Gasteiger partial charge on any atom is -0.504 e. The van der Waals surface area contributed by atoms with Crippen LogP contribution in [0.2, 0.25) is 0 Å². The van der Waals surface area contributed by atoms with Crippen molar-refractivity contribution in [3.8, 4) is 11.5 Å². The molecule has 0 aromatic heterocycles. The van der Waals surface area contributed by atoms with Crippen LogP contribution in [0.3, 0.4) is 0 Å². The smallest absolute Gasteiger partial charge is 0.331 e. The average Bonchev–Trinajstić information content (AvgIpc) is 2.58. The molecular weight excluding hydrogens is 344 g/mol. The maximum atomic E-state index is 12.0. The highest BCUT2D eigenvalue weighted by atomic mass is 16.6. The summed E-state index contributed by atoms with van der Waals surface area (Å²) in [5.74, 6) is -1.72. The van der Waals surface area contributed by atoms with E-state index in [9.17, 15) is 30.0 Å². The molecule has 1 saturated carbocycles. The van der Waals surface area contributed by atoms with E-state index in [1.165, 1.54) is 32.2 Å². The number of hydrogen-bond acceptors (Lipinski definition) is 7. The first kappa shape index (κ1) is 19.7. The van der Waals surface area contributed by atoms with Crippen LogP contribution >= 0.6 is 0 Å². The number of aliphatic carboxylic acids is 1. The predicted molar refractivity (Wildman–Crippen MR) is 90.6 cm³/mol. The van der Waals surface area contributed by atoms with Gasteiger partial charge in [0.25, 0.3) is 0 Å². The van der Waals surface area contributed by atoms with Gasteiger partial charge in [0.1, 0.15) is 12.2 Å². The minimum absolute atomic E-state index is 0.0421. The van der Waals surface area contributed by atoms with Crippen molar-refractivity contribution in [2.75, 3.05) is 7.11 Å². The zero-order chi connectivity index (χ0) is 19.5. The van der Waals surface area contributed by atoms with E-state index in [2.05, 4.69) is 0 Å². The highest BCUT2D eigenvalue weighted by Gasteiger charge is 2.48. The molecule has 4 unspecified atom stereocenters. The summed E-state index contributed by atoms with van der Waals surface area (Å²) in [7, 11) is 1.39. The first-order valence-electron chi connectivity index (χ1n) is 8.01. The topological polar surface area (TPSA) is 134 Å². The Labute approximate surface area is 150 Å². The molecule has 1 fully saturated rings. The van der Waals surface area contributed by atoms with E-state index in [1.807, 2.05) is 0 Å². The first-order valence-corrected chi connectivity index (χ1v) is 8.01. The lowest BCUT2D eigenvalue weighted by Crippen LogP contribution is -2.52. The average molecular weight is 366 g/mol. The van der Waals surface area contributed by atoms with Crippen molar-refractivity contribution >= 4 is 18.0 Å². The number of carbonyl (C=O) groups is 2. The van der Waals surface area contributed by atoms with E-state index >= 15 is 0 Å². The molecule has 142 valence electrons. The van der Waals surface area contributed by atoms with Crippen molar-refractivity contribution in [3.63, 3.8) is 0 Å². The van der Waals surface area contributed by atoms with Crippen LogP contribution in [0.15, 0.2) is 24.3 Å². The molecule has 0 saturated heterocycles. The van der Waals surface area contributed by atoms with E-state index in [1.54, 1.807) is 6.07 Å². The van der Waals surface area contributed by atoms with Gasteiger partial charge in [-0.2, -0.15) is 0 Å². The summed E-state index contributed by atoms with van der Waals surface area (Å²) in [5, 5.41) is 38.7. The lowest BCUT2D eigenvalue weighted by atomic mass is 9.72. The number of benzene rings is 1. The molecule has 1 aromatic rings. The molecule has 1 aliphatic carbocycles. The molecular formula is C18H22O8. The number of esters is 1. The molecule has 0 radical (unpaired) electrons. The highest BCUT2D eigenvalue weighted by molar-refractivity contribution is 5.87. The second-order valence-corrected chi connectivity index (χ2v) is 6.57. The zero-order valence-corrected chi connectivity index (χ0v) is 14.5. The van der Waals surface area contributed by atoms with Gasteiger partial charge in [0.05, 0.1) is 18.6 Å².